The molecule has 0 fully saturated rings. The Morgan fingerprint density at radius 2 is 2.05 bits per heavy atom. The first kappa shape index (κ1) is 14.7. The minimum atomic E-state index is 0.354. The van der Waals surface area contributed by atoms with Crippen LogP contribution in [0.15, 0.2) is 30.3 Å². The summed E-state index contributed by atoms with van der Waals surface area (Å²) in [5.41, 5.74) is 7.63. The number of hydrogen-bond donors (Lipinski definition) is 2. The number of hydrogen-bond acceptors (Lipinski definition) is 3. The molecule has 3 N–H and O–H groups in total. The quantitative estimate of drug-likeness (QED) is 0.823. The van der Waals surface area contributed by atoms with Crippen molar-refractivity contribution in [3.05, 3.63) is 35.9 Å². The van der Waals surface area contributed by atoms with E-state index in [2.05, 4.69) is 31.1 Å². The van der Waals surface area contributed by atoms with Crippen LogP contribution in [0, 0.1) is 5.92 Å². The van der Waals surface area contributed by atoms with Crippen LogP contribution < -0.4 is 11.1 Å². The van der Waals surface area contributed by atoms with Crippen molar-refractivity contribution in [1.82, 2.24) is 4.98 Å². The van der Waals surface area contributed by atoms with Crippen LogP contribution in [0.1, 0.15) is 32.8 Å². The largest absolute Gasteiger partial charge is 0.389 e. The molecule has 2 atom stereocenters. The van der Waals surface area contributed by atoms with E-state index in [9.17, 15) is 0 Å². The smallest absolute Gasteiger partial charge is 0.127 e. The highest BCUT2D eigenvalue weighted by Crippen LogP contribution is 2.22. The predicted octanol–water partition coefficient (Wildman–Crippen LogP) is 3.72. The van der Waals surface area contributed by atoms with Gasteiger partial charge in [0.1, 0.15) is 10.8 Å². The van der Waals surface area contributed by atoms with E-state index in [4.69, 9.17) is 18.0 Å². The molecule has 0 radical (unpaired) electrons. The van der Waals surface area contributed by atoms with Crippen molar-refractivity contribution in [1.29, 1.82) is 0 Å². The lowest BCUT2D eigenvalue weighted by Crippen LogP contribution is -2.24. The van der Waals surface area contributed by atoms with Gasteiger partial charge in [0.2, 0.25) is 0 Å². The number of benzene rings is 1. The summed E-state index contributed by atoms with van der Waals surface area (Å²) in [4.78, 5) is 5.05. The van der Waals surface area contributed by atoms with Crippen LogP contribution >= 0.6 is 12.2 Å². The van der Waals surface area contributed by atoms with E-state index >= 15 is 0 Å². The van der Waals surface area contributed by atoms with Gasteiger partial charge in [0.25, 0.3) is 0 Å². The molecule has 0 saturated heterocycles. The van der Waals surface area contributed by atoms with E-state index in [0.29, 0.717) is 16.9 Å². The number of fused-ring (bicyclic) bond motifs is 1. The highest BCUT2D eigenvalue weighted by molar-refractivity contribution is 7.80. The van der Waals surface area contributed by atoms with Gasteiger partial charge in [-0.15, -0.1) is 0 Å². The fourth-order valence-electron chi connectivity index (χ4n) is 2.18. The van der Waals surface area contributed by atoms with Gasteiger partial charge in [-0.1, -0.05) is 50.7 Å². The van der Waals surface area contributed by atoms with Crippen LogP contribution in [0.3, 0.4) is 0 Å². The first-order chi connectivity index (χ1) is 9.52. The molecule has 0 aliphatic heterocycles. The number of nitrogens with one attached hydrogen (secondary N) is 1. The molecule has 0 spiro atoms. The normalized spacial score (nSPS) is 13.9. The van der Waals surface area contributed by atoms with Gasteiger partial charge < -0.3 is 11.1 Å². The Labute approximate surface area is 125 Å². The third-order valence-corrected chi connectivity index (χ3v) is 4.07. The molecule has 2 aromatic rings. The topological polar surface area (TPSA) is 50.9 Å². The lowest BCUT2D eigenvalue weighted by atomic mass is 10.0. The van der Waals surface area contributed by atoms with Crippen LogP contribution in [-0.4, -0.2) is 16.0 Å². The second-order valence-corrected chi connectivity index (χ2v) is 5.69. The standard InChI is InChI=1S/C16H21N3S/c1-4-10(2)11(3)18-15-9-13(16(17)20)12-7-5-6-8-14(12)19-15/h5-11H,4H2,1-3H3,(H2,17,20)(H,18,19). The highest BCUT2D eigenvalue weighted by Gasteiger charge is 2.13. The minimum absolute atomic E-state index is 0.354. The summed E-state index contributed by atoms with van der Waals surface area (Å²) in [5.74, 6) is 1.41. The van der Waals surface area contributed by atoms with Crippen molar-refractivity contribution in [3.63, 3.8) is 0 Å². The Morgan fingerprint density at radius 1 is 1.35 bits per heavy atom. The average Bonchev–Trinajstić information content (AvgIpc) is 2.45. The summed E-state index contributed by atoms with van der Waals surface area (Å²) in [6.07, 6.45) is 1.13. The van der Waals surface area contributed by atoms with Crippen LogP contribution in [0.4, 0.5) is 5.82 Å². The minimum Gasteiger partial charge on any atom is -0.389 e. The number of rotatable bonds is 5. The average molecular weight is 287 g/mol. The lowest BCUT2D eigenvalue weighted by molar-refractivity contribution is 0.493. The van der Waals surface area contributed by atoms with Crippen molar-refractivity contribution in [2.45, 2.75) is 33.2 Å². The Morgan fingerprint density at radius 3 is 2.70 bits per heavy atom. The number of pyridine rings is 1. The summed E-state index contributed by atoms with van der Waals surface area (Å²) >= 11 is 5.16. The van der Waals surface area contributed by atoms with Crippen LogP contribution in [0.5, 0.6) is 0 Å². The van der Waals surface area contributed by atoms with Gasteiger partial charge in [0, 0.05) is 17.0 Å². The number of aromatic nitrogens is 1. The molecular formula is C16H21N3S. The number of anilines is 1. The van der Waals surface area contributed by atoms with Crippen molar-refractivity contribution in [2.24, 2.45) is 11.7 Å². The molecule has 4 heteroatoms. The summed E-state index contributed by atoms with van der Waals surface area (Å²) in [6, 6.07) is 10.2. The Hall–Kier alpha value is -1.68. The van der Waals surface area contributed by atoms with E-state index in [1.807, 2.05) is 30.3 Å². The fraction of sp³-hybridized carbons (Fsp3) is 0.375. The van der Waals surface area contributed by atoms with Crippen LogP contribution in [0.2, 0.25) is 0 Å². The summed E-state index contributed by atoms with van der Waals surface area (Å²) < 4.78 is 0. The van der Waals surface area contributed by atoms with E-state index in [1.54, 1.807) is 0 Å². The third-order valence-electron chi connectivity index (χ3n) is 3.85. The molecule has 0 amide bonds. The van der Waals surface area contributed by atoms with Gasteiger partial charge >= 0.3 is 0 Å². The van der Waals surface area contributed by atoms with E-state index in [0.717, 1.165) is 28.7 Å². The zero-order valence-electron chi connectivity index (χ0n) is 12.2. The van der Waals surface area contributed by atoms with Gasteiger partial charge in [0.05, 0.1) is 5.52 Å². The molecular weight excluding hydrogens is 266 g/mol. The second-order valence-electron chi connectivity index (χ2n) is 5.26. The molecule has 0 bridgehead atoms. The molecule has 1 aromatic carbocycles. The maximum atomic E-state index is 5.84. The predicted molar refractivity (Wildman–Crippen MR) is 90.2 cm³/mol. The SMILES string of the molecule is CCC(C)C(C)Nc1cc(C(N)=S)c2ccccc2n1. The fourth-order valence-corrected chi connectivity index (χ4v) is 2.35. The molecule has 106 valence electrons. The number of para-hydroxylation sites is 1. The summed E-state index contributed by atoms with van der Waals surface area (Å²) in [5, 5.41) is 4.46. The Balaban J connectivity index is 2.42. The van der Waals surface area contributed by atoms with E-state index < -0.39 is 0 Å². The van der Waals surface area contributed by atoms with Crippen molar-refractivity contribution >= 4 is 33.9 Å². The Kier molecular flexibility index (Phi) is 4.55. The summed E-state index contributed by atoms with van der Waals surface area (Å²) in [6.45, 7) is 6.59. The zero-order chi connectivity index (χ0) is 14.7. The molecule has 0 saturated carbocycles. The Bertz CT molecular complexity index is 624. The molecule has 20 heavy (non-hydrogen) atoms. The monoisotopic (exact) mass is 287 g/mol. The molecule has 1 aromatic heterocycles. The van der Waals surface area contributed by atoms with Crippen molar-refractivity contribution < 1.29 is 0 Å². The molecule has 2 unspecified atom stereocenters. The molecule has 1 heterocycles. The van der Waals surface area contributed by atoms with Gasteiger partial charge in [-0.2, -0.15) is 0 Å². The van der Waals surface area contributed by atoms with Gasteiger partial charge in [-0.05, 0) is 25.0 Å². The second kappa shape index (κ2) is 6.18. The molecule has 0 aliphatic rings. The van der Waals surface area contributed by atoms with Crippen molar-refractivity contribution in [2.75, 3.05) is 5.32 Å². The first-order valence-corrected chi connectivity index (χ1v) is 7.40. The number of thiocarbonyl (C=S) groups is 1. The van der Waals surface area contributed by atoms with Crippen molar-refractivity contribution in [3.8, 4) is 0 Å². The van der Waals surface area contributed by atoms with Gasteiger partial charge in [-0.3, -0.25) is 0 Å². The molecule has 0 aliphatic carbocycles. The van der Waals surface area contributed by atoms with E-state index in [-0.39, 0.29) is 0 Å². The lowest BCUT2D eigenvalue weighted by Gasteiger charge is -2.21. The molecule has 2 rings (SSSR count). The van der Waals surface area contributed by atoms with Gasteiger partial charge in [-0.25, -0.2) is 4.98 Å². The maximum absolute atomic E-state index is 5.84. The molecule has 3 nitrogen and oxygen atoms in total. The van der Waals surface area contributed by atoms with Crippen LogP contribution in [0.25, 0.3) is 10.9 Å². The maximum Gasteiger partial charge on any atom is 0.127 e. The van der Waals surface area contributed by atoms with Crippen LogP contribution in [-0.2, 0) is 0 Å². The summed E-state index contributed by atoms with van der Waals surface area (Å²) in [7, 11) is 0. The number of nitrogens with zero attached hydrogens (tertiary/aromatic N) is 1. The highest BCUT2D eigenvalue weighted by atomic mass is 32.1. The third kappa shape index (κ3) is 3.07. The zero-order valence-corrected chi connectivity index (χ0v) is 13.0. The van der Waals surface area contributed by atoms with Gasteiger partial charge in [0.15, 0.2) is 0 Å². The van der Waals surface area contributed by atoms with E-state index in [1.165, 1.54) is 0 Å². The first-order valence-electron chi connectivity index (χ1n) is 6.99. The number of nitrogens with two attached hydrogens (primary N) is 1.